The van der Waals surface area contributed by atoms with E-state index in [9.17, 15) is 0 Å². The van der Waals surface area contributed by atoms with Gasteiger partial charge < -0.3 is 14.9 Å². The number of benzene rings is 2. The van der Waals surface area contributed by atoms with Crippen molar-refractivity contribution in [2.45, 2.75) is 6.92 Å². The number of nitrogens with two attached hydrogens (primary N) is 1. The van der Waals surface area contributed by atoms with Crippen LogP contribution in [0.4, 0.5) is 5.69 Å². The van der Waals surface area contributed by atoms with Gasteiger partial charge in [0.15, 0.2) is 11.3 Å². The van der Waals surface area contributed by atoms with E-state index < -0.39 is 0 Å². The third-order valence-corrected chi connectivity index (χ3v) is 3.66. The first-order valence-corrected chi connectivity index (χ1v) is 6.88. The Morgan fingerprint density at radius 1 is 1.25 bits per heavy atom. The number of nitrogens with zero attached hydrogens (tertiary/aromatic N) is 1. The highest BCUT2D eigenvalue weighted by atomic mass is 79.9. The van der Waals surface area contributed by atoms with Gasteiger partial charge in [-0.25, -0.2) is 4.98 Å². The Morgan fingerprint density at radius 3 is 2.75 bits per heavy atom. The molecular formula is C15H13BrN2O2. The van der Waals surface area contributed by atoms with Crippen molar-refractivity contribution in [1.29, 1.82) is 0 Å². The zero-order valence-electron chi connectivity index (χ0n) is 11.1. The zero-order chi connectivity index (χ0) is 14.3. The van der Waals surface area contributed by atoms with E-state index in [1.165, 1.54) is 0 Å². The molecule has 0 fully saturated rings. The van der Waals surface area contributed by atoms with Crippen LogP contribution in [0.2, 0.25) is 0 Å². The molecule has 0 bridgehead atoms. The largest absolute Gasteiger partial charge is 0.493 e. The van der Waals surface area contributed by atoms with Gasteiger partial charge in [-0.15, -0.1) is 0 Å². The second-order valence-corrected chi connectivity index (χ2v) is 5.43. The highest BCUT2D eigenvalue weighted by molar-refractivity contribution is 9.10. The number of hydrogen-bond acceptors (Lipinski definition) is 4. The highest BCUT2D eigenvalue weighted by Crippen LogP contribution is 2.36. The number of oxazole rings is 1. The van der Waals surface area contributed by atoms with Gasteiger partial charge in [0.1, 0.15) is 5.52 Å². The van der Waals surface area contributed by atoms with Gasteiger partial charge in [-0.1, -0.05) is 6.07 Å². The number of aromatic nitrogens is 1. The molecule has 102 valence electrons. The minimum Gasteiger partial charge on any atom is -0.493 e. The van der Waals surface area contributed by atoms with Crippen molar-refractivity contribution < 1.29 is 9.15 Å². The summed E-state index contributed by atoms with van der Waals surface area (Å²) in [5, 5.41) is 0. The third-order valence-electron chi connectivity index (χ3n) is 3.07. The van der Waals surface area contributed by atoms with E-state index in [0.717, 1.165) is 26.7 Å². The average Bonchev–Trinajstić information content (AvgIpc) is 2.81. The normalized spacial score (nSPS) is 10.9. The highest BCUT2D eigenvalue weighted by Gasteiger charge is 2.13. The minimum absolute atomic E-state index is 0.537. The lowest BCUT2D eigenvalue weighted by molar-refractivity contribution is 0.414. The summed E-state index contributed by atoms with van der Waals surface area (Å²) < 4.78 is 11.8. The first kappa shape index (κ1) is 13.0. The number of anilines is 1. The maximum Gasteiger partial charge on any atom is 0.227 e. The smallest absolute Gasteiger partial charge is 0.227 e. The molecule has 0 saturated heterocycles. The lowest BCUT2D eigenvalue weighted by Gasteiger charge is -2.08. The van der Waals surface area contributed by atoms with Crippen molar-refractivity contribution in [1.82, 2.24) is 4.98 Å². The minimum atomic E-state index is 0.537. The fourth-order valence-corrected chi connectivity index (χ4v) is 2.75. The summed E-state index contributed by atoms with van der Waals surface area (Å²) in [6.45, 7) is 2.02. The molecule has 0 atom stereocenters. The lowest BCUT2D eigenvalue weighted by atomic mass is 10.2. The molecule has 0 aliphatic heterocycles. The van der Waals surface area contributed by atoms with Gasteiger partial charge in [0.25, 0.3) is 0 Å². The number of aryl methyl sites for hydroxylation is 1. The van der Waals surface area contributed by atoms with Crippen molar-refractivity contribution in [3.8, 4) is 17.2 Å². The van der Waals surface area contributed by atoms with Crippen LogP contribution < -0.4 is 10.5 Å². The quantitative estimate of drug-likeness (QED) is 0.716. The predicted octanol–water partition coefficient (Wildman–Crippen LogP) is 4.16. The molecule has 0 saturated carbocycles. The Kier molecular flexibility index (Phi) is 3.14. The van der Waals surface area contributed by atoms with Crippen LogP contribution in [-0.2, 0) is 0 Å². The number of rotatable bonds is 2. The maximum atomic E-state index is 5.96. The number of ether oxygens (including phenoxy) is 1. The van der Waals surface area contributed by atoms with E-state index in [2.05, 4.69) is 20.9 Å². The lowest BCUT2D eigenvalue weighted by Crippen LogP contribution is -1.94. The number of methoxy groups -OCH3 is 1. The molecular weight excluding hydrogens is 320 g/mol. The molecule has 1 aromatic heterocycles. The number of fused-ring (bicyclic) bond motifs is 1. The Morgan fingerprint density at radius 2 is 2.05 bits per heavy atom. The molecule has 0 radical (unpaired) electrons. The predicted molar refractivity (Wildman–Crippen MR) is 82.8 cm³/mol. The van der Waals surface area contributed by atoms with Crippen LogP contribution in [0.3, 0.4) is 0 Å². The topological polar surface area (TPSA) is 61.3 Å². The first-order chi connectivity index (χ1) is 9.58. The summed E-state index contributed by atoms with van der Waals surface area (Å²) >= 11 is 3.44. The number of nitrogen functional groups attached to an aromatic ring is 1. The summed E-state index contributed by atoms with van der Waals surface area (Å²) in [5.41, 5.74) is 10.1. The van der Waals surface area contributed by atoms with E-state index >= 15 is 0 Å². The fourth-order valence-electron chi connectivity index (χ4n) is 2.11. The van der Waals surface area contributed by atoms with Crippen LogP contribution in [0.5, 0.6) is 5.75 Å². The first-order valence-electron chi connectivity index (χ1n) is 6.09. The van der Waals surface area contributed by atoms with Gasteiger partial charge >= 0.3 is 0 Å². The molecule has 0 unspecified atom stereocenters. The molecule has 2 N–H and O–H groups in total. The summed E-state index contributed by atoms with van der Waals surface area (Å²) in [7, 11) is 1.58. The molecule has 0 amide bonds. The SMILES string of the molecule is COc1c(N)cc(-c2nc3cc(C)ccc3o2)cc1Br. The van der Waals surface area contributed by atoms with Gasteiger partial charge in [-0.2, -0.15) is 0 Å². The third kappa shape index (κ3) is 2.14. The van der Waals surface area contributed by atoms with Crippen molar-refractivity contribution >= 4 is 32.7 Å². The monoisotopic (exact) mass is 332 g/mol. The molecule has 0 spiro atoms. The van der Waals surface area contributed by atoms with Crippen LogP contribution in [0, 0.1) is 6.92 Å². The molecule has 5 heteroatoms. The maximum absolute atomic E-state index is 5.96. The molecule has 3 rings (SSSR count). The Bertz CT molecular complexity index is 773. The van der Waals surface area contributed by atoms with Gasteiger partial charge in [0.2, 0.25) is 5.89 Å². The van der Waals surface area contributed by atoms with E-state index in [4.69, 9.17) is 14.9 Å². The zero-order valence-corrected chi connectivity index (χ0v) is 12.7. The van der Waals surface area contributed by atoms with E-state index in [1.54, 1.807) is 13.2 Å². The summed E-state index contributed by atoms with van der Waals surface area (Å²) in [6, 6.07) is 9.58. The van der Waals surface area contributed by atoms with E-state index in [1.807, 2.05) is 31.2 Å². The van der Waals surface area contributed by atoms with Gasteiger partial charge in [0.05, 0.1) is 17.3 Å². The van der Waals surface area contributed by atoms with Gasteiger partial charge in [-0.3, -0.25) is 0 Å². The standard InChI is InChI=1S/C15H13BrN2O2/c1-8-3-4-13-12(5-8)18-15(20-13)9-6-10(16)14(19-2)11(17)7-9/h3-7H,17H2,1-2H3. The fraction of sp³-hybridized carbons (Fsp3) is 0.133. The Labute approximate surface area is 124 Å². The molecule has 20 heavy (non-hydrogen) atoms. The van der Waals surface area contributed by atoms with Gasteiger partial charge in [-0.05, 0) is 52.7 Å². The number of hydrogen-bond donors (Lipinski definition) is 1. The van der Waals surface area contributed by atoms with Crippen LogP contribution in [0.1, 0.15) is 5.56 Å². The molecule has 2 aromatic carbocycles. The van der Waals surface area contributed by atoms with Crippen molar-refractivity contribution in [2.75, 3.05) is 12.8 Å². The van der Waals surface area contributed by atoms with Crippen LogP contribution >= 0.6 is 15.9 Å². The summed E-state index contributed by atoms with van der Waals surface area (Å²) in [5.74, 6) is 1.15. The van der Waals surface area contributed by atoms with Crippen molar-refractivity contribution in [2.24, 2.45) is 0 Å². The van der Waals surface area contributed by atoms with E-state index in [-0.39, 0.29) is 0 Å². The number of halogens is 1. The van der Waals surface area contributed by atoms with Crippen molar-refractivity contribution in [3.05, 3.63) is 40.4 Å². The van der Waals surface area contributed by atoms with Gasteiger partial charge in [0, 0.05) is 5.56 Å². The van der Waals surface area contributed by atoms with Crippen LogP contribution in [0.25, 0.3) is 22.6 Å². The van der Waals surface area contributed by atoms with Crippen LogP contribution in [-0.4, -0.2) is 12.1 Å². The second-order valence-electron chi connectivity index (χ2n) is 4.57. The summed E-state index contributed by atoms with van der Waals surface area (Å²) in [6.07, 6.45) is 0. The molecule has 0 aliphatic rings. The Balaban J connectivity index is 2.15. The molecule has 1 heterocycles. The van der Waals surface area contributed by atoms with Crippen molar-refractivity contribution in [3.63, 3.8) is 0 Å². The van der Waals surface area contributed by atoms with Crippen LogP contribution in [0.15, 0.2) is 39.2 Å². The molecule has 3 aromatic rings. The summed E-state index contributed by atoms with van der Waals surface area (Å²) in [4.78, 5) is 4.50. The second kappa shape index (κ2) is 4.83. The Hall–Kier alpha value is -2.01. The molecule has 4 nitrogen and oxygen atoms in total. The molecule has 0 aliphatic carbocycles. The van der Waals surface area contributed by atoms with E-state index in [0.29, 0.717) is 17.3 Å². The average molecular weight is 333 g/mol.